The molecule has 1 aromatic carbocycles. The van der Waals surface area contributed by atoms with Gasteiger partial charge in [0.2, 0.25) is 0 Å². The van der Waals surface area contributed by atoms with E-state index in [0.29, 0.717) is 0 Å². The van der Waals surface area contributed by atoms with E-state index in [1.165, 1.54) is 38.3 Å². The first-order chi connectivity index (χ1) is 13.5. The highest BCUT2D eigenvalue weighted by atomic mass is 35.5. The number of unbranched alkanes of at least 4 members (excludes halogenated alkanes) is 1. The van der Waals surface area contributed by atoms with Crippen molar-refractivity contribution in [2.24, 2.45) is 0 Å². The van der Waals surface area contributed by atoms with Gasteiger partial charge in [0.25, 0.3) is 0 Å². The second kappa shape index (κ2) is 8.47. The number of nitrogens with one attached hydrogen (secondary N) is 2. The Balaban J connectivity index is 0.00000240. The van der Waals surface area contributed by atoms with Gasteiger partial charge in [-0.25, -0.2) is 0 Å². The minimum absolute atomic E-state index is 0. The zero-order chi connectivity index (χ0) is 19.8. The third kappa shape index (κ3) is 3.85. The van der Waals surface area contributed by atoms with Crippen molar-refractivity contribution in [2.75, 3.05) is 19.0 Å². The molecule has 0 saturated carbocycles. The molecule has 0 spiro atoms. The van der Waals surface area contributed by atoms with E-state index in [1.807, 2.05) is 6.07 Å². The summed E-state index contributed by atoms with van der Waals surface area (Å²) >= 11 is 0. The normalized spacial score (nSPS) is 21.6. The summed E-state index contributed by atoms with van der Waals surface area (Å²) in [5, 5.41) is 12.5. The number of carboxylic acid groups (broad SMARTS) is 1. The number of fused-ring (bicyclic) bond motifs is 4. The molecule has 1 aromatic rings. The largest absolute Gasteiger partial charge is 1.00 e. The molecule has 29 heavy (non-hydrogen) atoms. The third-order valence-electron chi connectivity index (χ3n) is 5.96. The van der Waals surface area contributed by atoms with Crippen LogP contribution in [0.1, 0.15) is 38.7 Å². The van der Waals surface area contributed by atoms with Gasteiger partial charge in [0, 0.05) is 23.2 Å². The minimum Gasteiger partial charge on any atom is -1.00 e. The van der Waals surface area contributed by atoms with Gasteiger partial charge in [-0.15, -0.1) is 0 Å². The number of rotatable bonds is 6. The lowest BCUT2D eigenvalue weighted by molar-refractivity contribution is -0.791. The number of aliphatic carboxylic acids is 1. The van der Waals surface area contributed by atoms with Crippen LogP contribution in [0.25, 0.3) is 5.57 Å². The lowest BCUT2D eigenvalue weighted by Gasteiger charge is -2.29. The fraction of sp³-hybridized carbons (Fsp3) is 0.348. The summed E-state index contributed by atoms with van der Waals surface area (Å²) in [6.45, 7) is 5.32. The number of allylic oxidation sites excluding steroid dienone is 4. The van der Waals surface area contributed by atoms with Gasteiger partial charge in [0.1, 0.15) is 11.9 Å². The molecule has 5 nitrogen and oxygen atoms in total. The topological polar surface area (TPSA) is 63.0 Å². The molecule has 6 heteroatoms. The predicted molar refractivity (Wildman–Crippen MR) is 110 cm³/mol. The second-order valence-corrected chi connectivity index (χ2v) is 7.69. The molecule has 0 radical (unpaired) electrons. The van der Waals surface area contributed by atoms with Crippen LogP contribution in [0.5, 0.6) is 5.75 Å². The van der Waals surface area contributed by atoms with E-state index in [1.54, 1.807) is 7.11 Å². The summed E-state index contributed by atoms with van der Waals surface area (Å²) < 4.78 is 5.44. The Kier molecular flexibility index (Phi) is 6.20. The average Bonchev–Trinajstić information content (AvgIpc) is 3.08. The van der Waals surface area contributed by atoms with Gasteiger partial charge in [0.15, 0.2) is 0 Å². The number of halogens is 1. The van der Waals surface area contributed by atoms with Crippen molar-refractivity contribution in [3.05, 3.63) is 64.5 Å². The van der Waals surface area contributed by atoms with Crippen LogP contribution in [0.15, 0.2) is 59.0 Å². The molecule has 3 N–H and O–H groups in total. The fourth-order valence-electron chi connectivity index (χ4n) is 4.43. The maximum Gasteiger partial charge on any atom is 0.303 e. The maximum atomic E-state index is 10.7. The summed E-state index contributed by atoms with van der Waals surface area (Å²) in [5.41, 5.74) is 8.94. The molecule has 0 fully saturated rings. The molecule has 2 unspecified atom stereocenters. The van der Waals surface area contributed by atoms with Gasteiger partial charge in [-0.2, -0.15) is 0 Å². The van der Waals surface area contributed by atoms with Crippen molar-refractivity contribution >= 4 is 17.2 Å². The average molecular weight is 415 g/mol. The van der Waals surface area contributed by atoms with Crippen molar-refractivity contribution in [3.63, 3.8) is 0 Å². The van der Waals surface area contributed by atoms with Crippen LogP contribution in [0, 0.1) is 0 Å². The Labute approximate surface area is 177 Å². The Morgan fingerprint density at radius 3 is 2.79 bits per heavy atom. The van der Waals surface area contributed by atoms with Gasteiger partial charge in [-0.05, 0) is 73.3 Å². The second-order valence-electron chi connectivity index (χ2n) is 7.69. The molecular formula is C23H27ClN2O3. The fourth-order valence-corrected chi connectivity index (χ4v) is 4.43. The maximum absolute atomic E-state index is 10.7. The molecule has 154 valence electrons. The molecule has 0 saturated heterocycles. The Morgan fingerprint density at radius 1 is 1.28 bits per heavy atom. The van der Waals surface area contributed by atoms with E-state index in [4.69, 9.17) is 9.84 Å². The lowest BCUT2D eigenvalue weighted by atomic mass is 9.79. The molecule has 0 bridgehead atoms. The number of carboxylic acids is 1. The summed E-state index contributed by atoms with van der Waals surface area (Å²) in [6.07, 6.45) is 8.56. The first-order valence-electron chi connectivity index (χ1n) is 9.84. The number of carbonyl (C=O) groups is 1. The molecule has 3 aliphatic rings. The van der Waals surface area contributed by atoms with Crippen molar-refractivity contribution in [1.82, 2.24) is 0 Å². The molecule has 2 atom stereocenters. The van der Waals surface area contributed by atoms with Gasteiger partial charge in [-0.3, -0.25) is 9.69 Å². The summed E-state index contributed by atoms with van der Waals surface area (Å²) in [4.78, 5) is 12.0. The first kappa shape index (κ1) is 21.2. The molecule has 0 amide bonds. The predicted octanol–water partition coefficient (Wildman–Crippen LogP) is 0.148. The molecule has 2 heterocycles. The van der Waals surface area contributed by atoms with Crippen LogP contribution in [0.2, 0.25) is 0 Å². The van der Waals surface area contributed by atoms with Gasteiger partial charge < -0.3 is 27.6 Å². The van der Waals surface area contributed by atoms with Crippen molar-refractivity contribution in [1.29, 1.82) is 0 Å². The Hall–Kier alpha value is -2.50. The van der Waals surface area contributed by atoms with E-state index in [-0.39, 0.29) is 24.9 Å². The monoisotopic (exact) mass is 414 g/mol. The van der Waals surface area contributed by atoms with Crippen LogP contribution in [0.4, 0.5) is 5.69 Å². The number of quaternary nitrogens is 1. The smallest absolute Gasteiger partial charge is 0.303 e. The summed E-state index contributed by atoms with van der Waals surface area (Å²) in [6, 6.07) is 6.42. The van der Waals surface area contributed by atoms with Crippen molar-refractivity contribution in [2.45, 2.75) is 39.2 Å². The molecule has 4 rings (SSSR count). The zero-order valence-electron chi connectivity index (χ0n) is 17.0. The van der Waals surface area contributed by atoms with E-state index in [9.17, 15) is 4.79 Å². The summed E-state index contributed by atoms with van der Waals surface area (Å²) in [5.74, 6) is 0.155. The highest BCUT2D eigenvalue weighted by Gasteiger charge is 2.36. The SMILES string of the molecule is COc1ccc2c(c1)C1=C(C)C3=C[NH+](CCCCC(=O)O)C=CC3=C(C)C1N2.[Cl-]. The zero-order valence-corrected chi connectivity index (χ0v) is 17.8. The number of hydrogen-bond donors (Lipinski definition) is 3. The quantitative estimate of drug-likeness (QED) is 0.580. The van der Waals surface area contributed by atoms with Crippen molar-refractivity contribution < 1.29 is 31.9 Å². The highest BCUT2D eigenvalue weighted by Crippen LogP contribution is 2.48. The standard InChI is InChI=1S/C23H26N2O3.ClH/c1-14-19-13-25(10-5-4-6-21(26)27)11-9-17(19)15(2)23-22(14)18-12-16(28-3)7-8-20(18)24-23;/h7-9,11-13,23-24H,4-6,10H2,1-3H3,(H,26,27);1H. The first-order valence-corrected chi connectivity index (χ1v) is 9.84. The molecule has 1 aliphatic carbocycles. The molecule has 2 aliphatic heterocycles. The lowest BCUT2D eigenvalue weighted by Crippen LogP contribution is -3.03. The van der Waals surface area contributed by atoms with Crippen molar-refractivity contribution in [3.8, 4) is 5.75 Å². The van der Waals surface area contributed by atoms with E-state index >= 15 is 0 Å². The van der Waals surface area contributed by atoms with Crippen LogP contribution in [-0.2, 0) is 4.79 Å². The van der Waals surface area contributed by atoms with Crippen LogP contribution in [0.3, 0.4) is 0 Å². The number of hydrogen-bond acceptors (Lipinski definition) is 3. The number of benzene rings is 1. The molecule has 0 aromatic heterocycles. The van der Waals surface area contributed by atoms with E-state index in [0.717, 1.165) is 30.8 Å². The van der Waals surface area contributed by atoms with Gasteiger partial charge >= 0.3 is 5.97 Å². The third-order valence-corrected chi connectivity index (χ3v) is 5.96. The van der Waals surface area contributed by atoms with Crippen LogP contribution in [-0.4, -0.2) is 30.8 Å². The summed E-state index contributed by atoms with van der Waals surface area (Å²) in [7, 11) is 1.70. The molecular weight excluding hydrogens is 388 g/mol. The van der Waals surface area contributed by atoms with Gasteiger partial charge in [0.05, 0.1) is 25.9 Å². The van der Waals surface area contributed by atoms with Crippen LogP contribution >= 0.6 is 0 Å². The Morgan fingerprint density at radius 2 is 2.07 bits per heavy atom. The number of methoxy groups -OCH3 is 1. The van der Waals surface area contributed by atoms with Gasteiger partial charge in [-0.1, -0.05) is 0 Å². The van der Waals surface area contributed by atoms with Crippen LogP contribution < -0.4 is 27.4 Å². The Bertz CT molecular complexity index is 959. The minimum atomic E-state index is -0.717. The van der Waals surface area contributed by atoms with E-state index in [2.05, 4.69) is 49.8 Å². The van der Waals surface area contributed by atoms with E-state index < -0.39 is 5.97 Å². The number of ether oxygens (including phenoxy) is 1. The highest BCUT2D eigenvalue weighted by molar-refractivity contribution is 5.95. The number of anilines is 1.